The fourth-order valence-electron chi connectivity index (χ4n) is 2.67. The molecule has 1 aliphatic heterocycles. The van der Waals surface area contributed by atoms with E-state index in [-0.39, 0.29) is 23.7 Å². The van der Waals surface area contributed by atoms with E-state index >= 15 is 0 Å². The average molecular weight is 424 g/mol. The van der Waals surface area contributed by atoms with Crippen LogP contribution in [-0.2, 0) is 14.3 Å². The van der Waals surface area contributed by atoms with Gasteiger partial charge in [0.25, 0.3) is 5.91 Å². The summed E-state index contributed by atoms with van der Waals surface area (Å²) in [5.74, 6) is 0.0822. The Morgan fingerprint density at radius 3 is 2.75 bits per heavy atom. The minimum Gasteiger partial charge on any atom is -0.504 e. The quantitative estimate of drug-likeness (QED) is 0.277. The zero-order chi connectivity index (χ0) is 20.7. The third kappa shape index (κ3) is 6.24. The SMILES string of the molecule is COc1cc(/C=C2\SC(=S)N(CCCCCC(=O)OC(C)C)C2=O)ccc1O. The predicted molar refractivity (Wildman–Crippen MR) is 114 cm³/mol. The van der Waals surface area contributed by atoms with Gasteiger partial charge < -0.3 is 14.6 Å². The molecule has 0 aromatic heterocycles. The van der Waals surface area contributed by atoms with Gasteiger partial charge in [-0.1, -0.05) is 36.5 Å². The molecule has 1 amide bonds. The number of amides is 1. The number of esters is 1. The number of unbranched alkanes of at least 4 members (excludes halogenated alkanes) is 2. The first-order valence-corrected chi connectivity index (χ1v) is 10.4. The molecule has 1 saturated heterocycles. The van der Waals surface area contributed by atoms with Crippen LogP contribution in [0, 0.1) is 0 Å². The van der Waals surface area contributed by atoms with E-state index < -0.39 is 0 Å². The third-order valence-corrected chi connectivity index (χ3v) is 5.38. The van der Waals surface area contributed by atoms with Gasteiger partial charge in [0.05, 0.1) is 18.1 Å². The van der Waals surface area contributed by atoms with Crippen molar-refractivity contribution in [2.24, 2.45) is 0 Å². The number of ether oxygens (including phenoxy) is 2. The van der Waals surface area contributed by atoms with Gasteiger partial charge in [-0.2, -0.15) is 0 Å². The van der Waals surface area contributed by atoms with Crippen LogP contribution in [0.2, 0.25) is 0 Å². The largest absolute Gasteiger partial charge is 0.504 e. The van der Waals surface area contributed by atoms with Gasteiger partial charge in [0, 0.05) is 13.0 Å². The van der Waals surface area contributed by atoms with Crippen molar-refractivity contribution in [3.05, 3.63) is 28.7 Å². The number of methoxy groups -OCH3 is 1. The standard InChI is InChI=1S/C20H25NO5S2/c1-13(2)26-18(23)7-5-4-6-10-21-19(24)17(28-20(21)27)12-14-8-9-15(22)16(11-14)25-3/h8-9,11-13,22H,4-7,10H2,1-3H3/b17-12-. The molecule has 0 bridgehead atoms. The van der Waals surface area contributed by atoms with Gasteiger partial charge >= 0.3 is 5.97 Å². The molecule has 0 unspecified atom stereocenters. The Kier molecular flexibility index (Phi) is 8.32. The highest BCUT2D eigenvalue weighted by atomic mass is 32.2. The molecule has 0 spiro atoms. The smallest absolute Gasteiger partial charge is 0.306 e. The molecule has 0 aliphatic carbocycles. The second-order valence-corrected chi connectivity index (χ2v) is 8.29. The Hall–Kier alpha value is -2.06. The monoisotopic (exact) mass is 423 g/mol. The van der Waals surface area contributed by atoms with E-state index in [1.165, 1.54) is 24.9 Å². The molecular weight excluding hydrogens is 398 g/mol. The van der Waals surface area contributed by atoms with Crippen LogP contribution in [0.3, 0.4) is 0 Å². The summed E-state index contributed by atoms with van der Waals surface area (Å²) in [5.41, 5.74) is 0.749. The number of carbonyl (C=O) groups excluding carboxylic acids is 2. The van der Waals surface area contributed by atoms with E-state index in [0.29, 0.717) is 27.9 Å². The zero-order valence-electron chi connectivity index (χ0n) is 16.3. The number of hydrogen-bond donors (Lipinski definition) is 1. The molecule has 1 aromatic rings. The second-order valence-electron chi connectivity index (χ2n) is 6.61. The van der Waals surface area contributed by atoms with Crippen LogP contribution < -0.4 is 4.74 Å². The molecule has 1 aliphatic rings. The minimum absolute atomic E-state index is 0.0458. The number of nitrogens with zero attached hydrogens (tertiary/aromatic N) is 1. The van der Waals surface area contributed by atoms with Crippen molar-refractivity contribution in [1.29, 1.82) is 0 Å². The highest BCUT2D eigenvalue weighted by Gasteiger charge is 2.31. The Bertz CT molecular complexity index is 776. The van der Waals surface area contributed by atoms with Gasteiger partial charge in [-0.15, -0.1) is 0 Å². The van der Waals surface area contributed by atoms with Gasteiger partial charge in [0.1, 0.15) is 4.32 Å². The maximum absolute atomic E-state index is 12.6. The van der Waals surface area contributed by atoms with Crippen LogP contribution in [0.4, 0.5) is 0 Å². The second kappa shape index (κ2) is 10.5. The van der Waals surface area contributed by atoms with E-state index in [0.717, 1.165) is 24.8 Å². The van der Waals surface area contributed by atoms with E-state index in [2.05, 4.69) is 0 Å². The van der Waals surface area contributed by atoms with Crippen molar-refractivity contribution in [2.45, 2.75) is 45.6 Å². The molecular formula is C20H25NO5S2. The van der Waals surface area contributed by atoms with Crippen molar-refractivity contribution in [3.8, 4) is 11.5 Å². The van der Waals surface area contributed by atoms with Crippen molar-refractivity contribution >= 4 is 46.3 Å². The summed E-state index contributed by atoms with van der Waals surface area (Å²) in [4.78, 5) is 26.3. The molecule has 28 heavy (non-hydrogen) atoms. The molecule has 0 atom stereocenters. The molecule has 0 radical (unpaired) electrons. The molecule has 0 saturated carbocycles. The molecule has 1 aromatic carbocycles. The summed E-state index contributed by atoms with van der Waals surface area (Å²) in [5, 5.41) is 9.67. The number of hydrogen-bond acceptors (Lipinski definition) is 7. The lowest BCUT2D eigenvalue weighted by Gasteiger charge is -2.14. The Labute approximate surface area is 174 Å². The Morgan fingerprint density at radius 1 is 1.32 bits per heavy atom. The minimum atomic E-state index is -0.187. The van der Waals surface area contributed by atoms with Crippen molar-refractivity contribution in [3.63, 3.8) is 0 Å². The fraction of sp³-hybridized carbons (Fsp3) is 0.450. The van der Waals surface area contributed by atoms with Crippen molar-refractivity contribution in [1.82, 2.24) is 4.90 Å². The lowest BCUT2D eigenvalue weighted by atomic mass is 10.1. The van der Waals surface area contributed by atoms with Crippen LogP contribution in [0.15, 0.2) is 23.1 Å². The number of aromatic hydroxyl groups is 1. The van der Waals surface area contributed by atoms with Crippen LogP contribution in [0.1, 0.15) is 45.1 Å². The number of phenolic OH excluding ortho intramolecular Hbond substituents is 1. The maximum atomic E-state index is 12.6. The van der Waals surface area contributed by atoms with Gasteiger partial charge in [-0.05, 0) is 50.5 Å². The topological polar surface area (TPSA) is 76.1 Å². The predicted octanol–water partition coefficient (Wildman–Crippen LogP) is 4.11. The normalized spacial score (nSPS) is 15.6. The van der Waals surface area contributed by atoms with E-state index in [1.807, 2.05) is 13.8 Å². The third-order valence-electron chi connectivity index (χ3n) is 4.00. The summed E-state index contributed by atoms with van der Waals surface area (Å²) in [6.45, 7) is 4.18. The number of thioether (sulfide) groups is 1. The van der Waals surface area contributed by atoms with E-state index in [1.54, 1.807) is 23.1 Å². The molecule has 152 valence electrons. The summed E-state index contributed by atoms with van der Waals surface area (Å²) < 4.78 is 10.7. The molecule has 1 N–H and O–H groups in total. The Morgan fingerprint density at radius 2 is 2.07 bits per heavy atom. The number of rotatable bonds is 9. The number of phenols is 1. The number of benzene rings is 1. The fourth-order valence-corrected chi connectivity index (χ4v) is 3.97. The van der Waals surface area contributed by atoms with Gasteiger partial charge in [0.15, 0.2) is 11.5 Å². The first kappa shape index (κ1) is 22.2. The molecule has 8 heteroatoms. The molecule has 2 rings (SSSR count). The highest BCUT2D eigenvalue weighted by Crippen LogP contribution is 2.34. The van der Waals surface area contributed by atoms with Crippen LogP contribution in [0.25, 0.3) is 6.08 Å². The average Bonchev–Trinajstić information content (AvgIpc) is 2.89. The first-order valence-electron chi connectivity index (χ1n) is 9.13. The number of thiocarbonyl (C=S) groups is 1. The lowest BCUT2D eigenvalue weighted by molar-refractivity contribution is -0.147. The van der Waals surface area contributed by atoms with Gasteiger partial charge in [0.2, 0.25) is 0 Å². The molecule has 6 nitrogen and oxygen atoms in total. The van der Waals surface area contributed by atoms with E-state index in [9.17, 15) is 14.7 Å². The Balaban J connectivity index is 1.87. The maximum Gasteiger partial charge on any atom is 0.306 e. The zero-order valence-corrected chi connectivity index (χ0v) is 17.9. The van der Waals surface area contributed by atoms with E-state index in [4.69, 9.17) is 21.7 Å². The first-order chi connectivity index (χ1) is 13.3. The van der Waals surface area contributed by atoms with Crippen LogP contribution >= 0.6 is 24.0 Å². The van der Waals surface area contributed by atoms with Crippen molar-refractivity contribution < 1.29 is 24.2 Å². The lowest BCUT2D eigenvalue weighted by Crippen LogP contribution is -2.29. The summed E-state index contributed by atoms with van der Waals surface area (Å²) in [7, 11) is 1.47. The highest BCUT2D eigenvalue weighted by molar-refractivity contribution is 8.26. The summed E-state index contributed by atoms with van der Waals surface area (Å²) in [6.07, 6.45) is 4.34. The van der Waals surface area contributed by atoms with Crippen molar-refractivity contribution in [2.75, 3.05) is 13.7 Å². The van der Waals surface area contributed by atoms with Gasteiger partial charge in [-0.25, -0.2) is 0 Å². The molecule has 1 fully saturated rings. The van der Waals surface area contributed by atoms with Crippen LogP contribution in [0.5, 0.6) is 11.5 Å². The molecule has 1 heterocycles. The van der Waals surface area contributed by atoms with Gasteiger partial charge in [-0.3, -0.25) is 14.5 Å². The number of carbonyl (C=O) groups is 2. The van der Waals surface area contributed by atoms with Crippen LogP contribution in [-0.4, -0.2) is 46.0 Å². The summed E-state index contributed by atoms with van der Waals surface area (Å²) >= 11 is 6.60. The summed E-state index contributed by atoms with van der Waals surface area (Å²) in [6, 6.07) is 4.90.